The highest BCUT2D eigenvalue weighted by atomic mass is 32.2. The van der Waals surface area contributed by atoms with Gasteiger partial charge in [0, 0.05) is 11.9 Å². The van der Waals surface area contributed by atoms with Gasteiger partial charge in [-0.05, 0) is 44.2 Å². The number of furan rings is 1. The standard InChI is InChI=1S/C19H19N5O2S2/c1-10-11(7-8-26-10)16-22-23-19(24(16)2)27-9-14-20-17(25)15-12-5-3-4-6-13(12)28-18(15)21-14/h7-8H,3-6,9H2,1-2H3,(H,20,21,25). The van der Waals surface area contributed by atoms with Crippen LogP contribution >= 0.6 is 23.1 Å². The maximum atomic E-state index is 12.7. The van der Waals surface area contributed by atoms with Crippen LogP contribution in [0.5, 0.6) is 0 Å². The lowest BCUT2D eigenvalue weighted by Gasteiger charge is -2.09. The molecule has 5 rings (SSSR count). The van der Waals surface area contributed by atoms with Crippen LogP contribution in [0.4, 0.5) is 0 Å². The quantitative estimate of drug-likeness (QED) is 0.511. The Morgan fingerprint density at radius 2 is 2.18 bits per heavy atom. The first-order valence-electron chi connectivity index (χ1n) is 9.22. The number of aromatic amines is 1. The summed E-state index contributed by atoms with van der Waals surface area (Å²) >= 11 is 3.18. The first-order valence-corrected chi connectivity index (χ1v) is 11.0. The highest BCUT2D eigenvalue weighted by Gasteiger charge is 2.20. The van der Waals surface area contributed by atoms with Crippen molar-refractivity contribution in [3.63, 3.8) is 0 Å². The van der Waals surface area contributed by atoms with Gasteiger partial charge in [-0.3, -0.25) is 4.79 Å². The number of nitrogens with zero attached hydrogens (tertiary/aromatic N) is 4. The number of fused-ring (bicyclic) bond motifs is 3. The number of hydrogen-bond acceptors (Lipinski definition) is 7. The van der Waals surface area contributed by atoms with Crippen molar-refractivity contribution in [1.82, 2.24) is 24.7 Å². The van der Waals surface area contributed by atoms with Gasteiger partial charge in [-0.15, -0.1) is 21.5 Å². The maximum Gasteiger partial charge on any atom is 0.259 e. The van der Waals surface area contributed by atoms with Crippen LogP contribution in [0.3, 0.4) is 0 Å². The zero-order valence-corrected chi connectivity index (χ0v) is 17.2. The number of rotatable bonds is 4. The number of aromatic nitrogens is 5. The van der Waals surface area contributed by atoms with Gasteiger partial charge < -0.3 is 14.0 Å². The van der Waals surface area contributed by atoms with Crippen LogP contribution in [0, 0.1) is 6.92 Å². The average molecular weight is 414 g/mol. The zero-order valence-electron chi connectivity index (χ0n) is 15.6. The van der Waals surface area contributed by atoms with E-state index in [9.17, 15) is 4.79 Å². The molecule has 4 aromatic heterocycles. The Hall–Kier alpha value is -2.39. The fraction of sp³-hybridized carbons (Fsp3) is 0.368. The Labute approximate surface area is 169 Å². The monoisotopic (exact) mass is 413 g/mol. The molecular formula is C19H19N5O2S2. The summed E-state index contributed by atoms with van der Waals surface area (Å²) in [6.45, 7) is 1.90. The molecule has 4 heterocycles. The highest BCUT2D eigenvalue weighted by Crippen LogP contribution is 2.34. The van der Waals surface area contributed by atoms with E-state index in [0.29, 0.717) is 11.6 Å². The van der Waals surface area contributed by atoms with Gasteiger partial charge in [0.15, 0.2) is 11.0 Å². The van der Waals surface area contributed by atoms with Crippen molar-refractivity contribution < 1.29 is 4.42 Å². The van der Waals surface area contributed by atoms with E-state index in [-0.39, 0.29) is 5.56 Å². The average Bonchev–Trinajstić information content (AvgIpc) is 3.36. The Morgan fingerprint density at radius 3 is 3.00 bits per heavy atom. The molecule has 0 aliphatic heterocycles. The highest BCUT2D eigenvalue weighted by molar-refractivity contribution is 7.98. The van der Waals surface area contributed by atoms with E-state index in [1.165, 1.54) is 28.6 Å². The summed E-state index contributed by atoms with van der Waals surface area (Å²) in [6, 6.07) is 1.89. The van der Waals surface area contributed by atoms with E-state index in [0.717, 1.165) is 51.8 Å². The molecule has 1 aliphatic carbocycles. The van der Waals surface area contributed by atoms with Crippen LogP contribution < -0.4 is 5.56 Å². The minimum atomic E-state index is -0.0207. The molecule has 0 aromatic carbocycles. The Bertz CT molecular complexity index is 1230. The third-order valence-corrected chi connectivity index (χ3v) is 7.36. The summed E-state index contributed by atoms with van der Waals surface area (Å²) in [5.41, 5.74) is 2.12. The summed E-state index contributed by atoms with van der Waals surface area (Å²) in [5.74, 6) is 2.77. The van der Waals surface area contributed by atoms with Gasteiger partial charge in [0.1, 0.15) is 16.4 Å². The first-order chi connectivity index (χ1) is 13.6. The molecule has 7 nitrogen and oxygen atoms in total. The van der Waals surface area contributed by atoms with Gasteiger partial charge in [-0.1, -0.05) is 11.8 Å². The fourth-order valence-electron chi connectivity index (χ4n) is 3.70. The first kappa shape index (κ1) is 17.7. The third kappa shape index (κ3) is 2.89. The second-order valence-electron chi connectivity index (χ2n) is 6.95. The predicted molar refractivity (Wildman–Crippen MR) is 110 cm³/mol. The molecule has 0 radical (unpaired) electrons. The molecule has 0 fully saturated rings. The van der Waals surface area contributed by atoms with Crippen molar-refractivity contribution in [2.24, 2.45) is 7.05 Å². The van der Waals surface area contributed by atoms with Crippen molar-refractivity contribution in [3.8, 4) is 11.4 Å². The Morgan fingerprint density at radius 1 is 1.32 bits per heavy atom. The van der Waals surface area contributed by atoms with Gasteiger partial charge in [-0.2, -0.15) is 0 Å². The molecule has 1 N–H and O–H groups in total. The van der Waals surface area contributed by atoms with Crippen LogP contribution in [0.15, 0.2) is 26.7 Å². The molecule has 144 valence electrons. The SMILES string of the molecule is Cc1occc1-c1nnc(SCc2nc3sc4c(c3c(=O)[nH]2)CCCC4)n1C. The summed E-state index contributed by atoms with van der Waals surface area (Å²) in [4.78, 5) is 22.5. The van der Waals surface area contributed by atoms with Crippen LogP contribution in [-0.4, -0.2) is 24.7 Å². The number of H-pyrrole nitrogens is 1. The van der Waals surface area contributed by atoms with Crippen molar-refractivity contribution in [2.75, 3.05) is 0 Å². The number of thioether (sulfide) groups is 1. The molecule has 0 unspecified atom stereocenters. The summed E-state index contributed by atoms with van der Waals surface area (Å²) in [5, 5.41) is 10.1. The summed E-state index contributed by atoms with van der Waals surface area (Å²) in [7, 11) is 1.93. The normalized spacial score (nSPS) is 13.9. The molecular weight excluding hydrogens is 394 g/mol. The molecule has 9 heteroatoms. The molecule has 0 amide bonds. The van der Waals surface area contributed by atoms with Crippen molar-refractivity contribution in [1.29, 1.82) is 0 Å². The van der Waals surface area contributed by atoms with E-state index >= 15 is 0 Å². The second kappa shape index (κ2) is 6.89. The second-order valence-corrected chi connectivity index (χ2v) is 8.97. The van der Waals surface area contributed by atoms with Crippen molar-refractivity contribution >= 4 is 33.3 Å². The van der Waals surface area contributed by atoms with E-state index in [2.05, 4.69) is 15.2 Å². The number of aryl methyl sites for hydroxylation is 3. The van der Waals surface area contributed by atoms with Crippen LogP contribution in [0.2, 0.25) is 0 Å². The number of thiophene rings is 1. The lowest BCUT2D eigenvalue weighted by atomic mass is 9.97. The summed E-state index contributed by atoms with van der Waals surface area (Å²) in [6.07, 6.45) is 6.06. The number of hydrogen-bond donors (Lipinski definition) is 1. The van der Waals surface area contributed by atoms with Crippen LogP contribution in [0.25, 0.3) is 21.6 Å². The molecule has 0 atom stereocenters. The zero-order chi connectivity index (χ0) is 19.3. The number of nitrogens with one attached hydrogen (secondary N) is 1. The van der Waals surface area contributed by atoms with Crippen molar-refractivity contribution in [3.05, 3.63) is 44.7 Å². The Balaban J connectivity index is 1.42. The predicted octanol–water partition coefficient (Wildman–Crippen LogP) is 3.85. The van der Waals surface area contributed by atoms with E-state index in [4.69, 9.17) is 9.40 Å². The molecule has 0 bridgehead atoms. The third-order valence-electron chi connectivity index (χ3n) is 5.15. The largest absolute Gasteiger partial charge is 0.469 e. The molecule has 0 saturated heterocycles. The van der Waals surface area contributed by atoms with Gasteiger partial charge in [0.2, 0.25) is 0 Å². The van der Waals surface area contributed by atoms with E-state index in [1.807, 2.05) is 24.6 Å². The minimum Gasteiger partial charge on any atom is -0.469 e. The molecule has 0 saturated carbocycles. The van der Waals surface area contributed by atoms with Crippen LogP contribution in [-0.2, 0) is 25.6 Å². The fourth-order valence-corrected chi connectivity index (χ4v) is 5.76. The van der Waals surface area contributed by atoms with Gasteiger partial charge in [0.05, 0.1) is 23.0 Å². The molecule has 4 aromatic rings. The molecule has 28 heavy (non-hydrogen) atoms. The van der Waals surface area contributed by atoms with Gasteiger partial charge >= 0.3 is 0 Å². The van der Waals surface area contributed by atoms with E-state index in [1.54, 1.807) is 17.6 Å². The summed E-state index contributed by atoms with van der Waals surface area (Å²) < 4.78 is 7.30. The minimum absolute atomic E-state index is 0.0207. The molecule has 1 aliphatic rings. The Kier molecular flexibility index (Phi) is 4.36. The lowest BCUT2D eigenvalue weighted by Crippen LogP contribution is -2.12. The van der Waals surface area contributed by atoms with E-state index < -0.39 is 0 Å². The topological polar surface area (TPSA) is 89.6 Å². The van der Waals surface area contributed by atoms with Crippen LogP contribution in [0.1, 0.15) is 34.9 Å². The maximum absolute atomic E-state index is 12.7. The van der Waals surface area contributed by atoms with Gasteiger partial charge in [0.25, 0.3) is 5.56 Å². The van der Waals surface area contributed by atoms with Gasteiger partial charge in [-0.25, -0.2) is 4.98 Å². The van der Waals surface area contributed by atoms with Crippen molar-refractivity contribution in [2.45, 2.75) is 43.5 Å². The smallest absolute Gasteiger partial charge is 0.259 e. The molecule has 0 spiro atoms. The lowest BCUT2D eigenvalue weighted by molar-refractivity contribution is 0.534.